The van der Waals surface area contributed by atoms with Crippen LogP contribution in [0.2, 0.25) is 0 Å². The van der Waals surface area contributed by atoms with Gasteiger partial charge in [0.2, 0.25) is 0 Å². The van der Waals surface area contributed by atoms with Crippen LogP contribution >= 0.6 is 0 Å². The van der Waals surface area contributed by atoms with Crippen molar-refractivity contribution in [3.63, 3.8) is 0 Å². The second-order valence-electron chi connectivity index (χ2n) is 4.53. The van der Waals surface area contributed by atoms with E-state index in [0.717, 1.165) is 28.0 Å². The summed E-state index contributed by atoms with van der Waals surface area (Å²) in [4.78, 5) is 11.0. The number of carboxylic acid groups (broad SMARTS) is 1. The molecule has 98 valence electrons. The first-order chi connectivity index (χ1) is 9.02. The van der Waals surface area contributed by atoms with Gasteiger partial charge in [0, 0.05) is 0 Å². The Morgan fingerprint density at radius 3 is 2.21 bits per heavy atom. The van der Waals surface area contributed by atoms with E-state index in [2.05, 4.69) is 0 Å². The topological polar surface area (TPSA) is 46.5 Å². The van der Waals surface area contributed by atoms with Crippen LogP contribution in [0.5, 0.6) is 5.75 Å². The number of hydrogen-bond acceptors (Lipinski definition) is 2. The number of methoxy groups -OCH3 is 1. The van der Waals surface area contributed by atoms with Crippen LogP contribution < -0.4 is 4.74 Å². The maximum atomic E-state index is 11.0. The maximum Gasteiger partial charge on any atom is 0.335 e. The van der Waals surface area contributed by atoms with E-state index in [9.17, 15) is 4.79 Å². The van der Waals surface area contributed by atoms with Gasteiger partial charge in [0.05, 0.1) is 12.7 Å². The molecule has 19 heavy (non-hydrogen) atoms. The first kappa shape index (κ1) is 13.1. The van der Waals surface area contributed by atoms with Crippen molar-refractivity contribution >= 4 is 5.97 Å². The summed E-state index contributed by atoms with van der Waals surface area (Å²) in [6.45, 7) is 3.97. The van der Waals surface area contributed by atoms with Gasteiger partial charge < -0.3 is 9.84 Å². The lowest BCUT2D eigenvalue weighted by Crippen LogP contribution is -1.96. The normalized spacial score (nSPS) is 10.3. The van der Waals surface area contributed by atoms with Crippen molar-refractivity contribution in [3.8, 4) is 16.9 Å². The summed E-state index contributed by atoms with van der Waals surface area (Å²) in [5, 5.41) is 9.03. The first-order valence-corrected chi connectivity index (χ1v) is 6.02. The number of aryl methyl sites for hydroxylation is 2. The monoisotopic (exact) mass is 256 g/mol. The van der Waals surface area contributed by atoms with Crippen molar-refractivity contribution in [3.05, 3.63) is 53.1 Å². The van der Waals surface area contributed by atoms with Gasteiger partial charge in [0.25, 0.3) is 0 Å². The van der Waals surface area contributed by atoms with E-state index in [1.807, 2.05) is 32.0 Å². The van der Waals surface area contributed by atoms with Gasteiger partial charge in [0.1, 0.15) is 5.75 Å². The molecule has 0 aliphatic rings. The third kappa shape index (κ3) is 2.60. The zero-order chi connectivity index (χ0) is 14.0. The number of ether oxygens (including phenoxy) is 1. The summed E-state index contributed by atoms with van der Waals surface area (Å²) in [5.41, 5.74) is 4.27. The number of benzene rings is 2. The highest BCUT2D eigenvalue weighted by molar-refractivity contribution is 5.89. The number of hydrogen-bond donors (Lipinski definition) is 1. The van der Waals surface area contributed by atoms with Crippen LogP contribution in [0.1, 0.15) is 21.5 Å². The summed E-state index contributed by atoms with van der Waals surface area (Å²) in [6, 6.07) is 11.0. The van der Waals surface area contributed by atoms with Crippen molar-refractivity contribution in [2.24, 2.45) is 0 Å². The van der Waals surface area contributed by atoms with Crippen molar-refractivity contribution in [1.29, 1.82) is 0 Å². The molecule has 0 aliphatic heterocycles. The van der Waals surface area contributed by atoms with E-state index in [1.54, 1.807) is 25.3 Å². The number of carbonyl (C=O) groups is 1. The molecule has 0 atom stereocenters. The summed E-state index contributed by atoms with van der Waals surface area (Å²) in [6.07, 6.45) is 0. The van der Waals surface area contributed by atoms with Crippen molar-refractivity contribution in [2.45, 2.75) is 13.8 Å². The minimum absolute atomic E-state index is 0.295. The second-order valence-corrected chi connectivity index (χ2v) is 4.53. The van der Waals surface area contributed by atoms with Gasteiger partial charge in [-0.25, -0.2) is 4.79 Å². The summed E-state index contributed by atoms with van der Waals surface area (Å²) in [5.74, 6) is -0.0399. The Hall–Kier alpha value is -2.29. The molecule has 3 heteroatoms. The minimum atomic E-state index is -0.913. The summed E-state index contributed by atoms with van der Waals surface area (Å²) >= 11 is 0. The van der Waals surface area contributed by atoms with E-state index in [-0.39, 0.29) is 0 Å². The van der Waals surface area contributed by atoms with Crippen LogP contribution in [0.3, 0.4) is 0 Å². The van der Waals surface area contributed by atoms with Gasteiger partial charge in [-0.1, -0.05) is 12.1 Å². The third-order valence-corrected chi connectivity index (χ3v) is 3.11. The van der Waals surface area contributed by atoms with Crippen LogP contribution in [0.15, 0.2) is 36.4 Å². The molecule has 0 unspecified atom stereocenters. The number of aromatic carboxylic acids is 1. The summed E-state index contributed by atoms with van der Waals surface area (Å²) < 4.78 is 5.33. The highest BCUT2D eigenvalue weighted by Crippen LogP contribution is 2.30. The average molecular weight is 256 g/mol. The molecule has 0 radical (unpaired) electrons. The zero-order valence-corrected chi connectivity index (χ0v) is 11.2. The van der Waals surface area contributed by atoms with Crippen LogP contribution in [0, 0.1) is 13.8 Å². The highest BCUT2D eigenvalue weighted by atomic mass is 16.5. The lowest BCUT2D eigenvalue weighted by atomic mass is 9.98. The Kier molecular flexibility index (Phi) is 3.56. The highest BCUT2D eigenvalue weighted by Gasteiger charge is 2.09. The standard InChI is InChI=1S/C16H16O3/c1-10-7-14(8-11(2)15(10)19-3)12-5-4-6-13(9-12)16(17)18/h4-9H,1-3H3,(H,17,18). The third-order valence-electron chi connectivity index (χ3n) is 3.11. The molecular formula is C16H16O3. The molecule has 0 aromatic heterocycles. The molecule has 0 fully saturated rings. The lowest BCUT2D eigenvalue weighted by Gasteiger charge is -2.11. The second kappa shape index (κ2) is 5.14. The van der Waals surface area contributed by atoms with Gasteiger partial charge in [0.15, 0.2) is 0 Å². The molecule has 0 amide bonds. The zero-order valence-electron chi connectivity index (χ0n) is 11.2. The molecule has 2 aromatic rings. The van der Waals surface area contributed by atoms with Crippen LogP contribution in [-0.2, 0) is 0 Å². The predicted molar refractivity (Wildman–Crippen MR) is 74.9 cm³/mol. The Bertz CT molecular complexity index is 607. The molecular weight excluding hydrogens is 240 g/mol. The Morgan fingerprint density at radius 1 is 1.05 bits per heavy atom. The minimum Gasteiger partial charge on any atom is -0.496 e. The molecule has 0 saturated heterocycles. The van der Waals surface area contributed by atoms with Gasteiger partial charge in [-0.15, -0.1) is 0 Å². The van der Waals surface area contributed by atoms with Gasteiger partial charge in [-0.3, -0.25) is 0 Å². The van der Waals surface area contributed by atoms with Crippen LogP contribution in [0.25, 0.3) is 11.1 Å². The number of carboxylic acids is 1. The Labute approximate surface area is 112 Å². The maximum absolute atomic E-state index is 11.0. The molecule has 0 spiro atoms. The predicted octanol–water partition coefficient (Wildman–Crippen LogP) is 3.68. The fraction of sp³-hybridized carbons (Fsp3) is 0.188. The van der Waals surface area contributed by atoms with Crippen LogP contribution in [0.4, 0.5) is 0 Å². The molecule has 0 heterocycles. The SMILES string of the molecule is COc1c(C)cc(-c2cccc(C(=O)O)c2)cc1C. The first-order valence-electron chi connectivity index (χ1n) is 6.02. The molecule has 2 rings (SSSR count). The molecule has 2 aromatic carbocycles. The quantitative estimate of drug-likeness (QED) is 0.911. The number of rotatable bonds is 3. The van der Waals surface area contributed by atoms with Crippen molar-refractivity contribution < 1.29 is 14.6 Å². The van der Waals surface area contributed by atoms with E-state index in [1.165, 1.54) is 0 Å². The largest absolute Gasteiger partial charge is 0.496 e. The van der Waals surface area contributed by atoms with Crippen molar-refractivity contribution in [2.75, 3.05) is 7.11 Å². The Morgan fingerprint density at radius 2 is 1.68 bits per heavy atom. The van der Waals surface area contributed by atoms with Crippen molar-refractivity contribution in [1.82, 2.24) is 0 Å². The van der Waals surface area contributed by atoms with E-state index in [4.69, 9.17) is 9.84 Å². The van der Waals surface area contributed by atoms with Gasteiger partial charge in [-0.2, -0.15) is 0 Å². The van der Waals surface area contributed by atoms with Gasteiger partial charge >= 0.3 is 5.97 Å². The lowest BCUT2D eigenvalue weighted by molar-refractivity contribution is 0.0697. The molecule has 0 saturated carbocycles. The van der Waals surface area contributed by atoms with E-state index >= 15 is 0 Å². The fourth-order valence-corrected chi connectivity index (χ4v) is 2.27. The fourth-order valence-electron chi connectivity index (χ4n) is 2.27. The van der Waals surface area contributed by atoms with Gasteiger partial charge in [-0.05, 0) is 60.4 Å². The average Bonchev–Trinajstić information content (AvgIpc) is 2.38. The van der Waals surface area contributed by atoms with E-state index in [0.29, 0.717) is 5.56 Å². The van der Waals surface area contributed by atoms with Crippen LogP contribution in [-0.4, -0.2) is 18.2 Å². The van der Waals surface area contributed by atoms with E-state index < -0.39 is 5.97 Å². The molecule has 0 bridgehead atoms. The summed E-state index contributed by atoms with van der Waals surface area (Å²) in [7, 11) is 1.65. The molecule has 0 aliphatic carbocycles. The smallest absolute Gasteiger partial charge is 0.335 e. The molecule has 1 N–H and O–H groups in total. The Balaban J connectivity index is 2.53. The molecule has 3 nitrogen and oxygen atoms in total.